The Labute approximate surface area is 106 Å². The first-order valence-electron chi connectivity index (χ1n) is 6.20. The monoisotopic (exact) mass is 250 g/mol. The van der Waals surface area contributed by atoms with Gasteiger partial charge >= 0.3 is 0 Å². The van der Waals surface area contributed by atoms with Gasteiger partial charge in [-0.2, -0.15) is 0 Å². The lowest BCUT2D eigenvalue weighted by atomic mass is 9.99. The first-order chi connectivity index (χ1) is 8.72. The van der Waals surface area contributed by atoms with Crippen LogP contribution >= 0.6 is 0 Å². The van der Waals surface area contributed by atoms with E-state index in [2.05, 4.69) is 15.3 Å². The molecule has 18 heavy (non-hydrogen) atoms. The zero-order valence-corrected chi connectivity index (χ0v) is 10.2. The average molecular weight is 250 g/mol. The number of nitrogens with two attached hydrogens (primary N) is 1. The third kappa shape index (κ3) is 2.76. The van der Waals surface area contributed by atoms with Crippen molar-refractivity contribution < 1.29 is 9.90 Å². The summed E-state index contributed by atoms with van der Waals surface area (Å²) in [5.41, 5.74) is 5.36. The van der Waals surface area contributed by atoms with E-state index in [1.807, 2.05) is 0 Å². The normalized spacial score (nSPS) is 17.6. The summed E-state index contributed by atoms with van der Waals surface area (Å²) in [4.78, 5) is 19.2. The standard InChI is InChI=1S/C12H18N4O2/c13-11(18)10-12(15-6-5-14-10)16-9(7-17)8-3-1-2-4-8/h5-6,8-9,17H,1-4,7H2,(H2,13,18)(H,15,16). The Bertz CT molecular complexity index is 418. The highest BCUT2D eigenvalue weighted by Gasteiger charge is 2.25. The molecular weight excluding hydrogens is 232 g/mol. The SMILES string of the molecule is NC(=O)c1nccnc1NC(CO)C1CCCC1. The quantitative estimate of drug-likeness (QED) is 0.708. The van der Waals surface area contributed by atoms with Gasteiger partial charge in [-0.1, -0.05) is 12.8 Å². The molecule has 0 radical (unpaired) electrons. The van der Waals surface area contributed by atoms with Gasteiger partial charge in [0.2, 0.25) is 0 Å². The lowest BCUT2D eigenvalue weighted by Crippen LogP contribution is -2.33. The van der Waals surface area contributed by atoms with E-state index in [0.717, 1.165) is 12.8 Å². The summed E-state index contributed by atoms with van der Waals surface area (Å²) < 4.78 is 0. The molecule has 2 rings (SSSR count). The van der Waals surface area contributed by atoms with E-state index in [0.29, 0.717) is 11.7 Å². The number of hydrogen-bond donors (Lipinski definition) is 3. The molecule has 0 aliphatic heterocycles. The van der Waals surface area contributed by atoms with E-state index >= 15 is 0 Å². The maximum atomic E-state index is 11.2. The van der Waals surface area contributed by atoms with Crippen LogP contribution in [0.4, 0.5) is 5.82 Å². The zero-order chi connectivity index (χ0) is 13.0. The Morgan fingerprint density at radius 1 is 1.44 bits per heavy atom. The fraction of sp³-hybridized carbons (Fsp3) is 0.583. The molecule has 0 aromatic carbocycles. The third-order valence-electron chi connectivity index (χ3n) is 3.42. The van der Waals surface area contributed by atoms with Crippen molar-refractivity contribution in [3.05, 3.63) is 18.1 Å². The molecule has 1 amide bonds. The molecule has 98 valence electrons. The second-order valence-electron chi connectivity index (χ2n) is 4.60. The van der Waals surface area contributed by atoms with Crippen molar-refractivity contribution in [2.45, 2.75) is 31.7 Å². The first kappa shape index (κ1) is 12.8. The maximum Gasteiger partial charge on any atom is 0.271 e. The Balaban J connectivity index is 2.13. The van der Waals surface area contributed by atoms with Gasteiger partial charge in [0, 0.05) is 12.4 Å². The van der Waals surface area contributed by atoms with Gasteiger partial charge in [-0.15, -0.1) is 0 Å². The Morgan fingerprint density at radius 3 is 2.72 bits per heavy atom. The van der Waals surface area contributed by atoms with Gasteiger partial charge in [-0.05, 0) is 18.8 Å². The summed E-state index contributed by atoms with van der Waals surface area (Å²) in [6.07, 6.45) is 7.47. The van der Waals surface area contributed by atoms with Crippen molar-refractivity contribution in [3.8, 4) is 0 Å². The molecule has 1 heterocycles. The summed E-state index contributed by atoms with van der Waals surface area (Å²) in [6.45, 7) is 0.0133. The predicted octanol–water partition coefficient (Wildman–Crippen LogP) is 0.538. The van der Waals surface area contributed by atoms with E-state index in [4.69, 9.17) is 5.73 Å². The van der Waals surface area contributed by atoms with Crippen LogP contribution in [0.5, 0.6) is 0 Å². The van der Waals surface area contributed by atoms with Gasteiger partial charge < -0.3 is 16.2 Å². The van der Waals surface area contributed by atoms with E-state index in [9.17, 15) is 9.90 Å². The fourth-order valence-electron chi connectivity index (χ4n) is 2.47. The lowest BCUT2D eigenvalue weighted by molar-refractivity contribution is 0.0996. The van der Waals surface area contributed by atoms with Gasteiger partial charge in [0.05, 0.1) is 12.6 Å². The molecule has 1 atom stereocenters. The molecule has 0 saturated heterocycles. The number of carbonyl (C=O) groups excluding carboxylic acids is 1. The number of aliphatic hydroxyl groups excluding tert-OH is 1. The number of carbonyl (C=O) groups is 1. The molecule has 1 aliphatic rings. The van der Waals surface area contributed by atoms with Gasteiger partial charge in [-0.25, -0.2) is 9.97 Å². The third-order valence-corrected chi connectivity index (χ3v) is 3.42. The van der Waals surface area contributed by atoms with Crippen molar-refractivity contribution in [2.75, 3.05) is 11.9 Å². The Hall–Kier alpha value is -1.69. The van der Waals surface area contributed by atoms with E-state index < -0.39 is 5.91 Å². The van der Waals surface area contributed by atoms with Crippen LogP contribution in [0.25, 0.3) is 0 Å². The molecule has 1 aliphatic carbocycles. The first-order valence-corrected chi connectivity index (χ1v) is 6.20. The van der Waals surface area contributed by atoms with Crippen molar-refractivity contribution in [2.24, 2.45) is 11.7 Å². The number of hydrogen-bond acceptors (Lipinski definition) is 5. The molecule has 1 aromatic heterocycles. The highest BCUT2D eigenvalue weighted by Crippen LogP contribution is 2.29. The largest absolute Gasteiger partial charge is 0.394 e. The van der Waals surface area contributed by atoms with Crippen LogP contribution in [0.1, 0.15) is 36.2 Å². The number of aromatic nitrogens is 2. The summed E-state index contributed by atoms with van der Waals surface area (Å²) in [5.74, 6) is 0.155. The highest BCUT2D eigenvalue weighted by atomic mass is 16.3. The average Bonchev–Trinajstić information content (AvgIpc) is 2.90. The van der Waals surface area contributed by atoms with Crippen LogP contribution in [0, 0.1) is 5.92 Å². The van der Waals surface area contributed by atoms with Crippen molar-refractivity contribution in [1.29, 1.82) is 0 Å². The van der Waals surface area contributed by atoms with Crippen molar-refractivity contribution >= 4 is 11.7 Å². The smallest absolute Gasteiger partial charge is 0.271 e. The number of amides is 1. The molecule has 6 heteroatoms. The number of anilines is 1. The zero-order valence-electron chi connectivity index (χ0n) is 10.2. The molecule has 4 N–H and O–H groups in total. The molecule has 1 aromatic rings. The fourth-order valence-corrected chi connectivity index (χ4v) is 2.47. The van der Waals surface area contributed by atoms with Crippen LogP contribution in [-0.2, 0) is 0 Å². The van der Waals surface area contributed by atoms with Crippen LogP contribution < -0.4 is 11.1 Å². The molecule has 1 saturated carbocycles. The summed E-state index contributed by atoms with van der Waals surface area (Å²) in [6, 6.07) is -0.0951. The van der Waals surface area contributed by atoms with Crippen LogP contribution in [-0.4, -0.2) is 33.6 Å². The van der Waals surface area contributed by atoms with E-state index in [1.165, 1.54) is 25.2 Å². The second kappa shape index (κ2) is 5.77. The second-order valence-corrected chi connectivity index (χ2v) is 4.60. The number of aliphatic hydroxyl groups is 1. The molecule has 0 spiro atoms. The van der Waals surface area contributed by atoms with Gasteiger partial charge in [0.1, 0.15) is 0 Å². The highest BCUT2D eigenvalue weighted by molar-refractivity contribution is 5.95. The van der Waals surface area contributed by atoms with Crippen LogP contribution in [0.2, 0.25) is 0 Å². The predicted molar refractivity (Wildman–Crippen MR) is 67.0 cm³/mol. The molecular formula is C12H18N4O2. The molecule has 1 unspecified atom stereocenters. The summed E-state index contributed by atoms with van der Waals surface area (Å²) in [5, 5.41) is 12.5. The van der Waals surface area contributed by atoms with Crippen LogP contribution in [0.3, 0.4) is 0 Å². The number of primary amides is 1. The van der Waals surface area contributed by atoms with E-state index in [-0.39, 0.29) is 18.3 Å². The number of nitrogens with one attached hydrogen (secondary N) is 1. The van der Waals surface area contributed by atoms with Crippen molar-refractivity contribution in [3.63, 3.8) is 0 Å². The summed E-state index contributed by atoms with van der Waals surface area (Å²) in [7, 11) is 0. The summed E-state index contributed by atoms with van der Waals surface area (Å²) >= 11 is 0. The lowest BCUT2D eigenvalue weighted by Gasteiger charge is -2.23. The van der Waals surface area contributed by atoms with Crippen molar-refractivity contribution in [1.82, 2.24) is 9.97 Å². The Kier molecular flexibility index (Phi) is 4.09. The number of rotatable bonds is 5. The minimum atomic E-state index is -0.617. The van der Waals surface area contributed by atoms with Gasteiger partial charge in [0.15, 0.2) is 11.5 Å². The Morgan fingerprint density at radius 2 is 2.11 bits per heavy atom. The number of nitrogens with zero attached hydrogens (tertiary/aromatic N) is 2. The van der Waals surface area contributed by atoms with Gasteiger partial charge in [-0.3, -0.25) is 4.79 Å². The minimum absolute atomic E-state index is 0.0133. The minimum Gasteiger partial charge on any atom is -0.394 e. The van der Waals surface area contributed by atoms with Crippen LogP contribution in [0.15, 0.2) is 12.4 Å². The maximum absolute atomic E-state index is 11.2. The molecule has 1 fully saturated rings. The molecule has 6 nitrogen and oxygen atoms in total. The van der Waals surface area contributed by atoms with E-state index in [1.54, 1.807) is 0 Å². The molecule has 0 bridgehead atoms. The topological polar surface area (TPSA) is 101 Å². The van der Waals surface area contributed by atoms with Gasteiger partial charge in [0.25, 0.3) is 5.91 Å².